The average Bonchev–Trinajstić information content (AvgIpc) is 2.69. The summed E-state index contributed by atoms with van der Waals surface area (Å²) in [6, 6.07) is 0.0265. The van der Waals surface area contributed by atoms with Crippen molar-refractivity contribution in [2.75, 3.05) is 12.9 Å². The number of H-pyrrole nitrogens is 1. The highest BCUT2D eigenvalue weighted by Crippen LogP contribution is 2.20. The molecule has 8 heteroatoms. The molecule has 0 aliphatic rings. The van der Waals surface area contributed by atoms with Gasteiger partial charge in [0.1, 0.15) is 5.54 Å². The summed E-state index contributed by atoms with van der Waals surface area (Å²) in [7, 11) is 1.31. The minimum atomic E-state index is -1.03. The van der Waals surface area contributed by atoms with E-state index in [1.165, 1.54) is 18.9 Å². The van der Waals surface area contributed by atoms with E-state index >= 15 is 0 Å². The molecular formula is C11H20N4O3S. The van der Waals surface area contributed by atoms with E-state index in [-0.39, 0.29) is 11.7 Å². The molecule has 19 heavy (non-hydrogen) atoms. The number of nitrogens with zero attached hydrogens (tertiary/aromatic N) is 2. The van der Waals surface area contributed by atoms with Crippen LogP contribution in [0.15, 0.2) is 9.95 Å². The van der Waals surface area contributed by atoms with Gasteiger partial charge in [-0.25, -0.2) is 9.89 Å². The van der Waals surface area contributed by atoms with Gasteiger partial charge in [-0.1, -0.05) is 11.8 Å². The molecule has 0 fully saturated rings. The Morgan fingerprint density at radius 2 is 2.26 bits per heavy atom. The Morgan fingerprint density at radius 3 is 2.79 bits per heavy atom. The van der Waals surface area contributed by atoms with E-state index in [4.69, 9.17) is 5.73 Å². The molecule has 0 radical (unpaired) electrons. The highest BCUT2D eigenvalue weighted by Gasteiger charge is 2.29. The first kappa shape index (κ1) is 15.8. The number of methoxy groups -OCH3 is 1. The topological polar surface area (TPSA) is 103 Å². The molecule has 0 saturated heterocycles. The SMILES string of the molecule is COC(=O)C(C)(N)CCSc1n[nH]c(=O)n1C(C)C. The molecular weight excluding hydrogens is 268 g/mol. The fraction of sp³-hybridized carbons (Fsp3) is 0.727. The number of hydrogen-bond acceptors (Lipinski definition) is 6. The summed E-state index contributed by atoms with van der Waals surface area (Å²) < 4.78 is 6.20. The average molecular weight is 288 g/mol. The number of esters is 1. The third-order valence-corrected chi connectivity index (χ3v) is 3.65. The van der Waals surface area contributed by atoms with Crippen LogP contribution in [-0.2, 0) is 9.53 Å². The van der Waals surface area contributed by atoms with Crippen LogP contribution in [0.25, 0.3) is 0 Å². The van der Waals surface area contributed by atoms with Crippen molar-refractivity contribution in [3.05, 3.63) is 10.5 Å². The Labute approximate surface area is 115 Å². The third-order valence-electron chi connectivity index (χ3n) is 2.69. The van der Waals surface area contributed by atoms with Gasteiger partial charge in [0, 0.05) is 11.8 Å². The number of hydrogen-bond donors (Lipinski definition) is 2. The van der Waals surface area contributed by atoms with Crippen LogP contribution in [0.1, 0.15) is 33.2 Å². The summed E-state index contributed by atoms with van der Waals surface area (Å²) >= 11 is 1.38. The van der Waals surface area contributed by atoms with Crippen molar-refractivity contribution in [3.63, 3.8) is 0 Å². The zero-order valence-electron chi connectivity index (χ0n) is 11.6. The smallest absolute Gasteiger partial charge is 0.344 e. The molecule has 1 heterocycles. The van der Waals surface area contributed by atoms with E-state index in [0.717, 1.165) is 0 Å². The zero-order chi connectivity index (χ0) is 14.6. The highest BCUT2D eigenvalue weighted by molar-refractivity contribution is 7.99. The number of nitrogens with one attached hydrogen (secondary N) is 1. The predicted molar refractivity (Wildman–Crippen MR) is 73.2 cm³/mol. The molecule has 0 aliphatic carbocycles. The summed E-state index contributed by atoms with van der Waals surface area (Å²) in [5.74, 6) is 0.121. The van der Waals surface area contributed by atoms with Gasteiger partial charge < -0.3 is 10.5 Å². The van der Waals surface area contributed by atoms with Crippen LogP contribution in [0, 0.1) is 0 Å². The summed E-state index contributed by atoms with van der Waals surface area (Å²) in [6.45, 7) is 5.43. The minimum absolute atomic E-state index is 0.0265. The van der Waals surface area contributed by atoms with Gasteiger partial charge in [0.2, 0.25) is 0 Å². The van der Waals surface area contributed by atoms with Gasteiger partial charge in [0.15, 0.2) is 5.16 Å². The quantitative estimate of drug-likeness (QED) is 0.584. The summed E-state index contributed by atoms with van der Waals surface area (Å²) in [4.78, 5) is 23.0. The molecule has 1 aromatic rings. The lowest BCUT2D eigenvalue weighted by atomic mass is 10.0. The van der Waals surface area contributed by atoms with Gasteiger partial charge in [-0.3, -0.25) is 9.36 Å². The van der Waals surface area contributed by atoms with E-state index in [1.807, 2.05) is 13.8 Å². The normalized spacial score (nSPS) is 14.4. The van der Waals surface area contributed by atoms with Crippen molar-refractivity contribution < 1.29 is 9.53 Å². The van der Waals surface area contributed by atoms with Crippen molar-refractivity contribution in [1.29, 1.82) is 0 Å². The van der Waals surface area contributed by atoms with Crippen LogP contribution in [0.3, 0.4) is 0 Å². The Morgan fingerprint density at radius 1 is 1.63 bits per heavy atom. The fourth-order valence-corrected chi connectivity index (χ4v) is 2.79. The molecule has 7 nitrogen and oxygen atoms in total. The minimum Gasteiger partial charge on any atom is -0.468 e. The molecule has 108 valence electrons. The number of carbonyl (C=O) groups is 1. The molecule has 0 amide bonds. The maximum Gasteiger partial charge on any atom is 0.344 e. The first-order chi connectivity index (χ1) is 8.79. The van der Waals surface area contributed by atoms with Crippen LogP contribution >= 0.6 is 11.8 Å². The van der Waals surface area contributed by atoms with Crippen LogP contribution in [0.4, 0.5) is 0 Å². The molecule has 3 N–H and O–H groups in total. The van der Waals surface area contributed by atoms with E-state index in [2.05, 4.69) is 14.9 Å². The van der Waals surface area contributed by atoms with E-state index in [9.17, 15) is 9.59 Å². The lowest BCUT2D eigenvalue weighted by molar-refractivity contribution is -0.146. The van der Waals surface area contributed by atoms with E-state index in [0.29, 0.717) is 17.3 Å². The zero-order valence-corrected chi connectivity index (χ0v) is 12.4. The number of thioether (sulfide) groups is 1. The van der Waals surface area contributed by atoms with Gasteiger partial charge in [-0.2, -0.15) is 0 Å². The first-order valence-electron chi connectivity index (χ1n) is 5.96. The van der Waals surface area contributed by atoms with Crippen LogP contribution in [0.5, 0.6) is 0 Å². The molecule has 1 rings (SSSR count). The lowest BCUT2D eigenvalue weighted by Gasteiger charge is -2.20. The number of aromatic amines is 1. The summed E-state index contributed by atoms with van der Waals surface area (Å²) in [5.41, 5.74) is 4.59. The van der Waals surface area contributed by atoms with Gasteiger partial charge in [0.05, 0.1) is 7.11 Å². The summed E-state index contributed by atoms with van der Waals surface area (Å²) in [6.07, 6.45) is 0.434. The lowest BCUT2D eigenvalue weighted by Crippen LogP contribution is -2.46. The van der Waals surface area contributed by atoms with Crippen molar-refractivity contribution in [3.8, 4) is 0 Å². The fourth-order valence-electron chi connectivity index (χ4n) is 1.54. The van der Waals surface area contributed by atoms with Crippen LogP contribution in [0.2, 0.25) is 0 Å². The van der Waals surface area contributed by atoms with Crippen molar-refractivity contribution >= 4 is 17.7 Å². The Balaban J connectivity index is 2.64. The third kappa shape index (κ3) is 3.84. The van der Waals surface area contributed by atoms with Crippen molar-refractivity contribution in [1.82, 2.24) is 14.8 Å². The Kier molecular flexibility index (Phi) is 5.19. The number of nitrogens with two attached hydrogens (primary N) is 1. The monoisotopic (exact) mass is 288 g/mol. The van der Waals surface area contributed by atoms with Crippen LogP contribution in [-0.4, -0.2) is 39.1 Å². The number of aromatic nitrogens is 3. The van der Waals surface area contributed by atoms with Gasteiger partial charge >= 0.3 is 11.7 Å². The molecule has 0 saturated carbocycles. The van der Waals surface area contributed by atoms with Crippen molar-refractivity contribution in [2.24, 2.45) is 5.73 Å². The maximum atomic E-state index is 11.5. The standard InChI is InChI=1S/C11H20N4O3S/c1-7(2)15-9(17)13-14-10(15)19-6-5-11(3,12)8(16)18-4/h7H,5-6,12H2,1-4H3,(H,13,17). The largest absolute Gasteiger partial charge is 0.468 e. The second-order valence-corrected chi connectivity index (χ2v) is 5.84. The van der Waals surface area contributed by atoms with Gasteiger partial charge in [-0.05, 0) is 27.2 Å². The first-order valence-corrected chi connectivity index (χ1v) is 6.95. The van der Waals surface area contributed by atoms with Crippen LogP contribution < -0.4 is 11.4 Å². The Hall–Kier alpha value is -1.28. The number of carbonyl (C=O) groups excluding carboxylic acids is 1. The predicted octanol–water partition coefficient (Wildman–Crippen LogP) is 0.525. The Bertz CT molecular complexity index is 492. The second kappa shape index (κ2) is 6.25. The number of rotatable bonds is 6. The molecule has 1 unspecified atom stereocenters. The molecule has 1 aromatic heterocycles. The number of ether oxygens (including phenoxy) is 1. The van der Waals surface area contributed by atoms with E-state index in [1.54, 1.807) is 11.5 Å². The van der Waals surface area contributed by atoms with E-state index < -0.39 is 11.5 Å². The molecule has 0 bridgehead atoms. The summed E-state index contributed by atoms with van der Waals surface area (Å²) in [5, 5.41) is 6.96. The highest BCUT2D eigenvalue weighted by atomic mass is 32.2. The van der Waals surface area contributed by atoms with Gasteiger partial charge in [-0.15, -0.1) is 5.10 Å². The maximum absolute atomic E-state index is 11.5. The van der Waals surface area contributed by atoms with Gasteiger partial charge in [0.25, 0.3) is 0 Å². The molecule has 0 spiro atoms. The second-order valence-electron chi connectivity index (χ2n) is 4.78. The van der Waals surface area contributed by atoms with Crippen molar-refractivity contribution in [2.45, 2.75) is 43.9 Å². The molecule has 0 aromatic carbocycles. The molecule has 0 aliphatic heterocycles. The molecule has 1 atom stereocenters.